The van der Waals surface area contributed by atoms with E-state index in [1.165, 1.54) is 30.7 Å². The average Bonchev–Trinajstić information content (AvgIpc) is 2.76. The number of H-pyrrole nitrogens is 1. The van der Waals surface area contributed by atoms with Gasteiger partial charge in [0.25, 0.3) is 5.56 Å². The maximum absolute atomic E-state index is 11.6. The van der Waals surface area contributed by atoms with Gasteiger partial charge in [0.1, 0.15) is 5.65 Å². The molecule has 1 aliphatic rings. The van der Waals surface area contributed by atoms with Crippen LogP contribution in [0.5, 0.6) is 0 Å². The monoisotopic (exact) mass is 234 g/mol. The summed E-state index contributed by atoms with van der Waals surface area (Å²) in [7, 11) is 0. The molecule has 0 aromatic carbocycles. The van der Waals surface area contributed by atoms with Crippen molar-refractivity contribution in [3.8, 4) is 0 Å². The Kier molecular flexibility index (Phi) is 2.52. The summed E-state index contributed by atoms with van der Waals surface area (Å²) >= 11 is 1.99. The number of hydrogen-bond acceptors (Lipinski definition) is 2. The van der Waals surface area contributed by atoms with Crippen molar-refractivity contribution in [3.63, 3.8) is 0 Å². The molecule has 16 heavy (non-hydrogen) atoms. The van der Waals surface area contributed by atoms with Crippen LogP contribution in [-0.4, -0.2) is 15.1 Å². The fourth-order valence-electron chi connectivity index (χ4n) is 2.20. The first kappa shape index (κ1) is 10.0. The second-order valence-corrected chi connectivity index (χ2v) is 5.49. The molecule has 3 heterocycles. The van der Waals surface area contributed by atoms with Gasteiger partial charge in [-0.2, -0.15) is 11.8 Å². The first-order valence-electron chi connectivity index (χ1n) is 5.66. The van der Waals surface area contributed by atoms with Crippen molar-refractivity contribution in [2.45, 2.75) is 24.5 Å². The van der Waals surface area contributed by atoms with E-state index >= 15 is 0 Å². The van der Waals surface area contributed by atoms with Gasteiger partial charge in [0.15, 0.2) is 0 Å². The summed E-state index contributed by atoms with van der Waals surface area (Å²) < 4.78 is 1.70. The van der Waals surface area contributed by atoms with E-state index in [9.17, 15) is 4.79 Å². The Morgan fingerprint density at radius 1 is 1.38 bits per heavy atom. The van der Waals surface area contributed by atoms with E-state index in [2.05, 4.69) is 4.98 Å². The van der Waals surface area contributed by atoms with Crippen LogP contribution in [0, 0.1) is 0 Å². The highest BCUT2D eigenvalue weighted by Gasteiger charge is 2.18. The lowest BCUT2D eigenvalue weighted by Crippen LogP contribution is -2.08. The van der Waals surface area contributed by atoms with E-state index in [-0.39, 0.29) is 5.56 Å². The zero-order valence-electron chi connectivity index (χ0n) is 8.98. The molecule has 1 aliphatic heterocycles. The van der Waals surface area contributed by atoms with Crippen LogP contribution < -0.4 is 5.56 Å². The number of rotatable bonds is 1. The molecular weight excluding hydrogens is 220 g/mol. The molecule has 3 rings (SSSR count). The number of pyridine rings is 1. The molecule has 0 spiro atoms. The van der Waals surface area contributed by atoms with Crippen LogP contribution in [-0.2, 0) is 0 Å². The Morgan fingerprint density at radius 2 is 2.31 bits per heavy atom. The number of aromatic nitrogens is 2. The minimum absolute atomic E-state index is 0.0424. The smallest absolute Gasteiger partial charge is 0.256 e. The third-order valence-electron chi connectivity index (χ3n) is 3.06. The van der Waals surface area contributed by atoms with Crippen LogP contribution in [0.1, 0.15) is 30.2 Å². The normalized spacial score (nSPS) is 21.4. The predicted octanol–water partition coefficient (Wildman–Crippen LogP) is 2.59. The van der Waals surface area contributed by atoms with Crippen molar-refractivity contribution in [2.24, 2.45) is 0 Å². The van der Waals surface area contributed by atoms with Crippen molar-refractivity contribution in [3.05, 3.63) is 40.4 Å². The van der Waals surface area contributed by atoms with Gasteiger partial charge in [0, 0.05) is 23.2 Å². The maximum atomic E-state index is 11.6. The van der Waals surface area contributed by atoms with Gasteiger partial charge in [-0.3, -0.25) is 9.20 Å². The molecule has 1 saturated heterocycles. The molecule has 1 atom stereocenters. The molecule has 0 bridgehead atoms. The quantitative estimate of drug-likeness (QED) is 0.823. The fourth-order valence-corrected chi connectivity index (χ4v) is 3.49. The highest BCUT2D eigenvalue weighted by Crippen LogP contribution is 2.37. The summed E-state index contributed by atoms with van der Waals surface area (Å²) in [6.07, 6.45) is 5.79. The molecule has 1 unspecified atom stereocenters. The predicted molar refractivity (Wildman–Crippen MR) is 67.1 cm³/mol. The molecule has 0 aliphatic carbocycles. The molecular formula is C12H14N2OS. The van der Waals surface area contributed by atoms with Crippen LogP contribution in [0.4, 0.5) is 0 Å². The van der Waals surface area contributed by atoms with E-state index in [0.29, 0.717) is 5.25 Å². The third kappa shape index (κ3) is 1.67. The van der Waals surface area contributed by atoms with Gasteiger partial charge < -0.3 is 4.98 Å². The molecule has 0 amide bonds. The molecule has 2 aromatic rings. The second kappa shape index (κ2) is 4.01. The molecule has 2 aromatic heterocycles. The van der Waals surface area contributed by atoms with Crippen molar-refractivity contribution >= 4 is 17.4 Å². The molecule has 1 N–H and O–H groups in total. The molecule has 84 valence electrons. The van der Waals surface area contributed by atoms with Crippen molar-refractivity contribution in [2.75, 3.05) is 5.75 Å². The summed E-state index contributed by atoms with van der Waals surface area (Å²) in [6, 6.07) is 5.34. The van der Waals surface area contributed by atoms with Crippen LogP contribution in [0.25, 0.3) is 5.65 Å². The number of imidazole rings is 1. The van der Waals surface area contributed by atoms with Gasteiger partial charge in [-0.1, -0.05) is 12.5 Å². The summed E-state index contributed by atoms with van der Waals surface area (Å²) in [4.78, 5) is 15.0. The van der Waals surface area contributed by atoms with Gasteiger partial charge in [0.05, 0.1) is 0 Å². The van der Waals surface area contributed by atoms with Gasteiger partial charge in [-0.25, -0.2) is 0 Å². The lowest BCUT2D eigenvalue weighted by Gasteiger charge is -2.19. The van der Waals surface area contributed by atoms with E-state index < -0.39 is 0 Å². The standard InChI is InChI=1S/C12H14N2OS/c15-12-6-3-5-11-13-9(8-14(11)12)10-4-1-2-7-16-10/h3,5-6,8,10,13H,1-2,4,7H2. The number of thioether (sulfide) groups is 1. The van der Waals surface area contributed by atoms with E-state index in [1.807, 2.05) is 24.0 Å². The largest absolute Gasteiger partial charge is 0.343 e. The molecule has 3 nitrogen and oxygen atoms in total. The number of hydrogen-bond donors (Lipinski definition) is 1. The Labute approximate surface area is 97.9 Å². The van der Waals surface area contributed by atoms with Crippen LogP contribution in [0.15, 0.2) is 29.2 Å². The Bertz CT molecular complexity index is 551. The number of nitrogens with zero attached hydrogens (tertiary/aromatic N) is 1. The highest BCUT2D eigenvalue weighted by atomic mass is 32.2. The number of aromatic amines is 1. The van der Waals surface area contributed by atoms with E-state index in [1.54, 1.807) is 16.5 Å². The average molecular weight is 234 g/mol. The van der Waals surface area contributed by atoms with E-state index in [0.717, 1.165) is 5.65 Å². The van der Waals surface area contributed by atoms with E-state index in [4.69, 9.17) is 0 Å². The van der Waals surface area contributed by atoms with Crippen LogP contribution in [0.2, 0.25) is 0 Å². The number of fused-ring (bicyclic) bond motifs is 1. The molecule has 0 saturated carbocycles. The Hall–Kier alpha value is -1.16. The summed E-state index contributed by atoms with van der Waals surface area (Å²) in [6.45, 7) is 0. The van der Waals surface area contributed by atoms with Crippen molar-refractivity contribution in [1.82, 2.24) is 9.38 Å². The van der Waals surface area contributed by atoms with Gasteiger partial charge in [-0.15, -0.1) is 0 Å². The summed E-state index contributed by atoms with van der Waals surface area (Å²) in [5, 5.41) is 0.535. The topological polar surface area (TPSA) is 37.3 Å². The van der Waals surface area contributed by atoms with Gasteiger partial charge >= 0.3 is 0 Å². The van der Waals surface area contributed by atoms with Crippen LogP contribution >= 0.6 is 11.8 Å². The van der Waals surface area contributed by atoms with Crippen LogP contribution in [0.3, 0.4) is 0 Å². The molecule has 1 fully saturated rings. The Balaban J connectivity index is 2.04. The SMILES string of the molecule is O=c1cccc2[nH]c(C3CCCCS3)cn12. The number of nitrogens with one attached hydrogen (secondary N) is 1. The van der Waals surface area contributed by atoms with Crippen molar-refractivity contribution in [1.29, 1.82) is 0 Å². The van der Waals surface area contributed by atoms with Gasteiger partial charge in [0.2, 0.25) is 0 Å². The van der Waals surface area contributed by atoms with Gasteiger partial charge in [-0.05, 0) is 24.7 Å². The fraction of sp³-hybridized carbons (Fsp3) is 0.417. The van der Waals surface area contributed by atoms with Crippen molar-refractivity contribution < 1.29 is 0 Å². The zero-order chi connectivity index (χ0) is 11.0. The molecule has 4 heteroatoms. The molecule has 0 radical (unpaired) electrons. The lowest BCUT2D eigenvalue weighted by molar-refractivity contribution is 0.678. The lowest BCUT2D eigenvalue weighted by atomic mass is 10.1. The Morgan fingerprint density at radius 3 is 3.06 bits per heavy atom. The highest BCUT2D eigenvalue weighted by molar-refractivity contribution is 7.99. The first-order chi connectivity index (χ1) is 7.84. The minimum atomic E-state index is 0.0424. The summed E-state index contributed by atoms with van der Waals surface area (Å²) in [5.41, 5.74) is 2.13. The third-order valence-corrected chi connectivity index (χ3v) is 4.47. The zero-order valence-corrected chi connectivity index (χ0v) is 9.80. The maximum Gasteiger partial charge on any atom is 0.256 e. The second-order valence-electron chi connectivity index (χ2n) is 4.18. The summed E-state index contributed by atoms with van der Waals surface area (Å²) in [5.74, 6) is 1.23. The first-order valence-corrected chi connectivity index (χ1v) is 6.71. The minimum Gasteiger partial charge on any atom is -0.343 e.